The monoisotopic (exact) mass is 329 g/mol. The second kappa shape index (κ2) is 4.01. The fraction of sp³-hybridized carbons (Fsp3) is 0.100. The van der Waals surface area contributed by atoms with Crippen LogP contribution in [0.15, 0.2) is 22.0 Å². The average molecular weight is 331 g/mol. The highest BCUT2D eigenvalue weighted by Gasteiger charge is 2.11. The third-order valence-electron chi connectivity index (χ3n) is 2.02. The number of alkyl halides is 1. The lowest BCUT2D eigenvalue weighted by molar-refractivity contribution is 1.48. The molecule has 2 rings (SSSR count). The Balaban J connectivity index is 2.91. The maximum Gasteiger partial charge on any atom is 0.0998 e. The topological polar surface area (TPSA) is 23.8 Å². The summed E-state index contributed by atoms with van der Waals surface area (Å²) in [6, 6.07) is 8.04. The van der Waals surface area contributed by atoms with Crippen LogP contribution in [0.2, 0.25) is 0 Å². The van der Waals surface area contributed by atoms with Crippen molar-refractivity contribution in [3.8, 4) is 6.07 Å². The van der Waals surface area contributed by atoms with Gasteiger partial charge in [0.05, 0.1) is 15.4 Å². The number of halogens is 2. The summed E-state index contributed by atoms with van der Waals surface area (Å²) in [5.74, 6) is 0. The second-order valence-electron chi connectivity index (χ2n) is 2.78. The zero-order valence-corrected chi connectivity index (χ0v) is 11.0. The number of benzene rings is 1. The Morgan fingerprint density at radius 3 is 2.86 bits per heavy atom. The Bertz CT molecular complexity index is 525. The number of thiophene rings is 1. The smallest absolute Gasteiger partial charge is 0.0998 e. The van der Waals surface area contributed by atoms with Gasteiger partial charge in [-0.3, -0.25) is 0 Å². The van der Waals surface area contributed by atoms with Crippen LogP contribution < -0.4 is 0 Å². The molecule has 0 atom stereocenters. The molecule has 0 saturated carbocycles. The normalized spacial score (nSPS) is 10.4. The maximum atomic E-state index is 8.99. The molecule has 0 aliphatic rings. The molecule has 1 heterocycles. The summed E-state index contributed by atoms with van der Waals surface area (Å²) in [5.41, 5.74) is 1.92. The van der Waals surface area contributed by atoms with Gasteiger partial charge < -0.3 is 0 Å². The van der Waals surface area contributed by atoms with E-state index < -0.39 is 0 Å². The van der Waals surface area contributed by atoms with E-state index in [-0.39, 0.29) is 0 Å². The molecule has 0 spiro atoms. The number of hydrogen-bond donors (Lipinski definition) is 0. The van der Waals surface area contributed by atoms with Crippen LogP contribution in [0.25, 0.3) is 10.1 Å². The van der Waals surface area contributed by atoms with Crippen LogP contribution in [0.4, 0.5) is 0 Å². The fourth-order valence-electron chi connectivity index (χ4n) is 1.40. The van der Waals surface area contributed by atoms with Gasteiger partial charge in [0.1, 0.15) is 0 Å². The zero-order valence-electron chi connectivity index (χ0n) is 7.05. The summed E-state index contributed by atoms with van der Waals surface area (Å²) >= 11 is 8.62. The first kappa shape index (κ1) is 10.2. The third kappa shape index (κ3) is 1.50. The standard InChI is InChI=1S/C10H5Br2NS/c11-4-7-9-6(5-13)2-1-3-8(9)14-10(7)12/h1-3H,4H2. The molecular weight excluding hydrogens is 326 g/mol. The van der Waals surface area contributed by atoms with Crippen LogP contribution in [0.3, 0.4) is 0 Å². The Morgan fingerprint density at radius 1 is 1.43 bits per heavy atom. The van der Waals surface area contributed by atoms with Crippen molar-refractivity contribution in [1.82, 2.24) is 0 Å². The van der Waals surface area contributed by atoms with Gasteiger partial charge >= 0.3 is 0 Å². The van der Waals surface area contributed by atoms with E-state index in [0.717, 1.165) is 24.8 Å². The van der Waals surface area contributed by atoms with Crippen LogP contribution in [0.5, 0.6) is 0 Å². The minimum atomic E-state index is 0.749. The summed E-state index contributed by atoms with van der Waals surface area (Å²) in [5, 5.41) is 10.8. The van der Waals surface area contributed by atoms with Crippen molar-refractivity contribution in [2.75, 3.05) is 0 Å². The van der Waals surface area contributed by atoms with E-state index in [1.54, 1.807) is 11.3 Å². The second-order valence-corrected chi connectivity index (χ2v) is 5.71. The van der Waals surface area contributed by atoms with E-state index in [2.05, 4.69) is 37.9 Å². The Labute approximate surface area is 103 Å². The molecular formula is C10H5Br2NS. The van der Waals surface area contributed by atoms with Gasteiger partial charge in [-0.2, -0.15) is 5.26 Å². The number of nitriles is 1. The fourth-order valence-corrected chi connectivity index (χ4v) is 4.35. The predicted octanol–water partition coefficient (Wildman–Crippen LogP) is 4.43. The van der Waals surface area contributed by atoms with Gasteiger partial charge in [-0.15, -0.1) is 11.3 Å². The van der Waals surface area contributed by atoms with Gasteiger partial charge in [-0.05, 0) is 33.6 Å². The third-order valence-corrected chi connectivity index (χ3v) is 4.53. The van der Waals surface area contributed by atoms with Crippen LogP contribution in [0, 0.1) is 11.3 Å². The molecule has 0 unspecified atom stereocenters. The Kier molecular flexibility index (Phi) is 2.91. The molecule has 0 N–H and O–H groups in total. The predicted molar refractivity (Wildman–Crippen MR) is 66.9 cm³/mol. The highest BCUT2D eigenvalue weighted by Crippen LogP contribution is 2.38. The highest BCUT2D eigenvalue weighted by atomic mass is 79.9. The lowest BCUT2D eigenvalue weighted by Crippen LogP contribution is -1.80. The number of rotatable bonds is 1. The van der Waals surface area contributed by atoms with Gasteiger partial charge in [0.25, 0.3) is 0 Å². The van der Waals surface area contributed by atoms with Crippen molar-refractivity contribution >= 4 is 53.3 Å². The number of fused-ring (bicyclic) bond motifs is 1. The molecule has 0 amide bonds. The molecule has 14 heavy (non-hydrogen) atoms. The van der Waals surface area contributed by atoms with Gasteiger partial charge in [0.15, 0.2) is 0 Å². The molecule has 0 aliphatic heterocycles. The maximum absolute atomic E-state index is 8.99. The van der Waals surface area contributed by atoms with Crippen LogP contribution in [-0.4, -0.2) is 0 Å². The van der Waals surface area contributed by atoms with E-state index in [0.29, 0.717) is 0 Å². The van der Waals surface area contributed by atoms with E-state index in [9.17, 15) is 0 Å². The van der Waals surface area contributed by atoms with Gasteiger partial charge in [0, 0.05) is 15.4 Å². The summed E-state index contributed by atoms with van der Waals surface area (Å²) < 4.78 is 2.26. The van der Waals surface area contributed by atoms with Gasteiger partial charge in [-0.1, -0.05) is 22.0 Å². The molecule has 0 bridgehead atoms. The van der Waals surface area contributed by atoms with Crippen molar-refractivity contribution < 1.29 is 0 Å². The van der Waals surface area contributed by atoms with Crippen molar-refractivity contribution in [2.45, 2.75) is 5.33 Å². The molecule has 0 fully saturated rings. The Hall–Kier alpha value is -0.370. The number of hydrogen-bond acceptors (Lipinski definition) is 2. The summed E-state index contributed by atoms with van der Waals surface area (Å²) in [7, 11) is 0. The molecule has 2 aromatic rings. The minimum absolute atomic E-state index is 0.749. The lowest BCUT2D eigenvalue weighted by atomic mass is 10.1. The van der Waals surface area contributed by atoms with Gasteiger partial charge in [0.2, 0.25) is 0 Å². The first-order chi connectivity index (χ1) is 6.77. The van der Waals surface area contributed by atoms with Crippen molar-refractivity contribution in [1.29, 1.82) is 5.26 Å². The summed E-state index contributed by atoms with van der Waals surface area (Å²) in [4.78, 5) is 0. The zero-order chi connectivity index (χ0) is 10.1. The highest BCUT2D eigenvalue weighted by molar-refractivity contribution is 9.11. The summed E-state index contributed by atoms with van der Waals surface area (Å²) in [6.45, 7) is 0. The average Bonchev–Trinajstić information content (AvgIpc) is 2.52. The molecule has 70 valence electrons. The largest absolute Gasteiger partial charge is 0.192 e. The van der Waals surface area contributed by atoms with Crippen molar-refractivity contribution in [2.24, 2.45) is 0 Å². The molecule has 0 aliphatic carbocycles. The van der Waals surface area contributed by atoms with Gasteiger partial charge in [-0.25, -0.2) is 0 Å². The lowest BCUT2D eigenvalue weighted by Gasteiger charge is -1.96. The molecule has 0 saturated heterocycles. The van der Waals surface area contributed by atoms with Crippen LogP contribution in [0.1, 0.15) is 11.1 Å². The van der Waals surface area contributed by atoms with Crippen LogP contribution >= 0.6 is 43.2 Å². The van der Waals surface area contributed by atoms with Crippen LogP contribution in [-0.2, 0) is 5.33 Å². The first-order valence-electron chi connectivity index (χ1n) is 3.94. The van der Waals surface area contributed by atoms with E-state index in [1.807, 2.05) is 18.2 Å². The molecule has 1 nitrogen and oxygen atoms in total. The van der Waals surface area contributed by atoms with E-state index >= 15 is 0 Å². The van der Waals surface area contributed by atoms with E-state index in [4.69, 9.17) is 5.26 Å². The van der Waals surface area contributed by atoms with Crippen molar-refractivity contribution in [3.05, 3.63) is 33.1 Å². The Morgan fingerprint density at radius 2 is 2.21 bits per heavy atom. The first-order valence-corrected chi connectivity index (χ1v) is 6.67. The van der Waals surface area contributed by atoms with Crippen molar-refractivity contribution in [3.63, 3.8) is 0 Å². The summed E-state index contributed by atoms with van der Waals surface area (Å²) in [6.07, 6.45) is 0. The molecule has 0 radical (unpaired) electrons. The van der Waals surface area contributed by atoms with E-state index in [1.165, 1.54) is 5.56 Å². The molecule has 1 aromatic heterocycles. The SMILES string of the molecule is N#Cc1cccc2sc(Br)c(CBr)c12. The number of nitrogens with zero attached hydrogens (tertiary/aromatic N) is 1. The molecule has 4 heteroatoms. The quantitative estimate of drug-likeness (QED) is 0.709. The molecule has 1 aromatic carbocycles. The minimum Gasteiger partial charge on any atom is -0.192 e.